The maximum absolute atomic E-state index is 14.1. The highest BCUT2D eigenvalue weighted by molar-refractivity contribution is 5.96. The summed E-state index contributed by atoms with van der Waals surface area (Å²) in [7, 11) is 0. The molecule has 0 spiro atoms. The molecule has 0 saturated heterocycles. The van der Waals surface area contributed by atoms with E-state index >= 15 is 0 Å². The van der Waals surface area contributed by atoms with E-state index in [0.717, 1.165) is 16.7 Å². The van der Waals surface area contributed by atoms with Crippen LogP contribution in [0.1, 0.15) is 48.6 Å². The van der Waals surface area contributed by atoms with E-state index in [1.165, 1.54) is 13.3 Å². The van der Waals surface area contributed by atoms with Crippen LogP contribution in [0.2, 0.25) is 0 Å². The molecule has 0 unspecified atom stereocenters. The Balaban J connectivity index is 1.51. The second kappa shape index (κ2) is 23.0. The van der Waals surface area contributed by atoms with Gasteiger partial charge in [0, 0.05) is 37.6 Å². The molecular formula is C42H54N10O6. The Labute approximate surface area is 337 Å². The van der Waals surface area contributed by atoms with Gasteiger partial charge < -0.3 is 48.8 Å². The molecule has 58 heavy (non-hydrogen) atoms. The summed E-state index contributed by atoms with van der Waals surface area (Å²) >= 11 is 0. The minimum Gasteiger partial charge on any atom is -0.368 e. The van der Waals surface area contributed by atoms with Gasteiger partial charge in [-0.2, -0.15) is 0 Å². The van der Waals surface area contributed by atoms with Crippen LogP contribution in [0.4, 0.5) is 0 Å². The Morgan fingerprint density at radius 3 is 1.45 bits per heavy atom. The number of nitrogens with zero attached hydrogens (tertiary/aromatic N) is 1. The average molecular weight is 795 g/mol. The largest absolute Gasteiger partial charge is 0.368 e. The van der Waals surface area contributed by atoms with Crippen LogP contribution < -0.4 is 43.8 Å². The van der Waals surface area contributed by atoms with Crippen LogP contribution in [-0.4, -0.2) is 88.2 Å². The number of imidazole rings is 1. The van der Waals surface area contributed by atoms with Crippen molar-refractivity contribution in [2.75, 3.05) is 6.54 Å². The molecular weight excluding hydrogens is 741 g/mol. The Morgan fingerprint density at radius 2 is 1.02 bits per heavy atom. The minimum absolute atomic E-state index is 0.0443. The normalized spacial score (nSPS) is 14.1. The number of aromatic nitrogens is 2. The van der Waals surface area contributed by atoms with E-state index in [1.807, 2.05) is 18.2 Å². The van der Waals surface area contributed by atoms with Crippen LogP contribution in [0, 0.1) is 0 Å². The van der Waals surface area contributed by atoms with Gasteiger partial charge in [0.05, 0.1) is 12.4 Å². The smallest absolute Gasteiger partial charge is 0.243 e. The Kier molecular flexibility index (Phi) is 17.6. The summed E-state index contributed by atoms with van der Waals surface area (Å²) in [6.07, 6.45) is 4.87. The number of aromatic amines is 1. The molecule has 6 atom stereocenters. The van der Waals surface area contributed by atoms with Crippen LogP contribution in [0.15, 0.2) is 104 Å². The van der Waals surface area contributed by atoms with Crippen molar-refractivity contribution >= 4 is 35.4 Å². The van der Waals surface area contributed by atoms with Crippen molar-refractivity contribution in [3.63, 3.8) is 0 Å². The van der Waals surface area contributed by atoms with E-state index < -0.39 is 71.7 Å². The van der Waals surface area contributed by atoms with Gasteiger partial charge >= 0.3 is 0 Å². The van der Waals surface area contributed by atoms with Crippen molar-refractivity contribution in [1.29, 1.82) is 0 Å². The zero-order valence-corrected chi connectivity index (χ0v) is 32.6. The molecule has 0 saturated carbocycles. The quantitative estimate of drug-likeness (QED) is 0.0459. The van der Waals surface area contributed by atoms with Crippen molar-refractivity contribution in [2.45, 2.75) is 88.1 Å². The van der Waals surface area contributed by atoms with E-state index in [0.29, 0.717) is 25.1 Å². The summed E-state index contributed by atoms with van der Waals surface area (Å²) in [5.74, 6) is -3.94. The van der Waals surface area contributed by atoms with Gasteiger partial charge in [0.25, 0.3) is 0 Å². The van der Waals surface area contributed by atoms with Crippen molar-refractivity contribution in [2.24, 2.45) is 17.2 Å². The first kappa shape index (κ1) is 44.3. The van der Waals surface area contributed by atoms with Gasteiger partial charge in [0.15, 0.2) is 0 Å². The number of nitrogens with two attached hydrogens (primary N) is 3. The monoisotopic (exact) mass is 794 g/mol. The maximum atomic E-state index is 14.1. The second-order valence-corrected chi connectivity index (χ2v) is 14.1. The van der Waals surface area contributed by atoms with Gasteiger partial charge in [-0.1, -0.05) is 91.0 Å². The number of unbranched alkanes of at least 4 members (excludes halogenated alkanes) is 1. The summed E-state index contributed by atoms with van der Waals surface area (Å²) in [6, 6.07) is 20.4. The summed E-state index contributed by atoms with van der Waals surface area (Å²) in [4.78, 5) is 87.6. The number of nitrogens with one attached hydrogen (secondary N) is 6. The fourth-order valence-corrected chi connectivity index (χ4v) is 6.18. The molecule has 16 heteroatoms. The molecule has 0 aliphatic rings. The van der Waals surface area contributed by atoms with Crippen molar-refractivity contribution in [3.8, 4) is 0 Å². The SMILES string of the molecule is C[C@H](NC(=O)[C@@H](Cc1ccccc1)NC(=O)[C@@H](N)Cc1cnc[nH]1)C(=O)N[C@@H](Cc1ccccc1)C(=O)N[C@H](Cc1ccccc1)C(=O)N[C@@H](CCCCN)C(N)=O. The molecule has 1 aromatic heterocycles. The predicted octanol–water partition coefficient (Wildman–Crippen LogP) is 0.0658. The first-order chi connectivity index (χ1) is 27.9. The van der Waals surface area contributed by atoms with Gasteiger partial charge in [0.1, 0.15) is 30.2 Å². The molecule has 6 amide bonds. The highest BCUT2D eigenvalue weighted by atomic mass is 16.2. The van der Waals surface area contributed by atoms with E-state index in [4.69, 9.17) is 17.2 Å². The van der Waals surface area contributed by atoms with E-state index in [1.54, 1.807) is 79.0 Å². The number of hydrogen-bond donors (Lipinski definition) is 9. The third-order valence-corrected chi connectivity index (χ3v) is 9.44. The lowest BCUT2D eigenvalue weighted by Gasteiger charge is -2.26. The third kappa shape index (κ3) is 14.6. The van der Waals surface area contributed by atoms with Gasteiger partial charge in [-0.05, 0) is 49.4 Å². The molecule has 16 nitrogen and oxygen atoms in total. The lowest BCUT2D eigenvalue weighted by molar-refractivity contribution is -0.134. The number of primary amides is 1. The molecule has 12 N–H and O–H groups in total. The predicted molar refractivity (Wildman–Crippen MR) is 218 cm³/mol. The summed E-state index contributed by atoms with van der Waals surface area (Å²) in [5, 5.41) is 13.6. The first-order valence-electron chi connectivity index (χ1n) is 19.3. The molecule has 0 aliphatic carbocycles. The number of carbonyl (C=O) groups excluding carboxylic acids is 6. The standard InChI is InChI=1S/C42H54N10O6/c1-27(48-40(56)34(21-28-13-5-2-6-14-28)51-39(55)32(44)24-31-25-46-26-47-31)38(54)50-35(22-29-15-7-3-8-16-29)42(58)52-36(23-30-17-9-4-10-18-30)41(57)49-33(37(45)53)19-11-12-20-43/h2-10,13-18,25-27,32-36H,11-12,19-24,43-44H2,1H3,(H2,45,53)(H,46,47)(H,48,56)(H,49,57)(H,50,54)(H,51,55)(H,52,58)/t27-,32-,33-,34+,35-,36+/m0/s1. The van der Waals surface area contributed by atoms with Gasteiger partial charge in [-0.25, -0.2) is 4.98 Å². The third-order valence-electron chi connectivity index (χ3n) is 9.44. The van der Waals surface area contributed by atoms with E-state index in [9.17, 15) is 28.8 Å². The number of rotatable bonds is 23. The second-order valence-electron chi connectivity index (χ2n) is 14.1. The summed E-state index contributed by atoms with van der Waals surface area (Å²) in [5.41, 5.74) is 20.2. The molecule has 4 rings (SSSR count). The number of carbonyl (C=O) groups is 6. The van der Waals surface area contributed by atoms with Crippen LogP contribution in [-0.2, 0) is 54.5 Å². The number of benzene rings is 3. The Morgan fingerprint density at radius 1 is 0.586 bits per heavy atom. The molecule has 0 fully saturated rings. The Bertz CT molecular complexity index is 1910. The van der Waals surface area contributed by atoms with Gasteiger partial charge in [-0.3, -0.25) is 28.8 Å². The highest BCUT2D eigenvalue weighted by Crippen LogP contribution is 2.10. The van der Waals surface area contributed by atoms with Crippen LogP contribution in [0.3, 0.4) is 0 Å². The molecule has 3 aromatic carbocycles. The molecule has 0 radical (unpaired) electrons. The summed E-state index contributed by atoms with van der Waals surface area (Å²) < 4.78 is 0. The zero-order valence-electron chi connectivity index (χ0n) is 32.6. The van der Waals surface area contributed by atoms with E-state index in [2.05, 4.69) is 36.6 Å². The number of H-pyrrole nitrogens is 1. The lowest BCUT2D eigenvalue weighted by Crippen LogP contribution is -2.59. The molecule has 308 valence electrons. The van der Waals surface area contributed by atoms with Gasteiger partial charge in [-0.15, -0.1) is 0 Å². The number of amides is 6. The fraction of sp³-hybridized carbons (Fsp3) is 0.357. The molecule has 0 bridgehead atoms. The first-order valence-corrected chi connectivity index (χ1v) is 19.3. The molecule has 4 aromatic rings. The fourth-order valence-electron chi connectivity index (χ4n) is 6.18. The zero-order chi connectivity index (χ0) is 41.9. The minimum atomic E-state index is -1.20. The molecule has 1 heterocycles. The van der Waals surface area contributed by atoms with Crippen molar-refractivity contribution in [1.82, 2.24) is 36.6 Å². The topological polar surface area (TPSA) is 269 Å². The lowest BCUT2D eigenvalue weighted by atomic mass is 10.0. The van der Waals surface area contributed by atoms with Crippen LogP contribution >= 0.6 is 0 Å². The molecule has 0 aliphatic heterocycles. The van der Waals surface area contributed by atoms with Crippen molar-refractivity contribution < 1.29 is 28.8 Å². The van der Waals surface area contributed by atoms with Gasteiger partial charge in [0.2, 0.25) is 35.4 Å². The Hall–Kier alpha value is -6.39. The maximum Gasteiger partial charge on any atom is 0.243 e. The average Bonchev–Trinajstić information content (AvgIpc) is 3.73. The van der Waals surface area contributed by atoms with Crippen LogP contribution in [0.25, 0.3) is 0 Å². The summed E-state index contributed by atoms with van der Waals surface area (Å²) in [6.45, 7) is 1.87. The van der Waals surface area contributed by atoms with E-state index in [-0.39, 0.29) is 32.1 Å². The van der Waals surface area contributed by atoms with Crippen LogP contribution in [0.5, 0.6) is 0 Å². The highest BCUT2D eigenvalue weighted by Gasteiger charge is 2.32. The van der Waals surface area contributed by atoms with Crippen molar-refractivity contribution in [3.05, 3.63) is 126 Å². The number of hydrogen-bond acceptors (Lipinski definition) is 9.